The largest absolute Gasteiger partial charge is 0.434 e. The van der Waals surface area contributed by atoms with Crippen molar-refractivity contribution in [2.24, 2.45) is 0 Å². The third-order valence-electron chi connectivity index (χ3n) is 4.88. The van der Waals surface area contributed by atoms with Gasteiger partial charge in [-0.3, -0.25) is 9.59 Å². The number of allylic oxidation sites excluding steroid dienone is 1. The minimum absolute atomic E-state index is 0.145. The van der Waals surface area contributed by atoms with Gasteiger partial charge in [0.25, 0.3) is 0 Å². The zero-order valence-corrected chi connectivity index (χ0v) is 16.3. The van der Waals surface area contributed by atoms with Crippen LogP contribution in [0.2, 0.25) is 0 Å². The first-order valence-electron chi connectivity index (χ1n) is 8.81. The van der Waals surface area contributed by atoms with Gasteiger partial charge in [-0.05, 0) is 29.0 Å². The monoisotopic (exact) mass is 414 g/mol. The second-order valence-electron chi connectivity index (χ2n) is 6.63. The van der Waals surface area contributed by atoms with E-state index in [1.54, 1.807) is 24.4 Å². The Labute approximate surface area is 172 Å². The minimum Gasteiger partial charge on any atom is -0.434 e. The highest BCUT2D eigenvalue weighted by atomic mass is 32.1. The smallest absolute Gasteiger partial charge is 0.238 e. The van der Waals surface area contributed by atoms with Gasteiger partial charge in [-0.15, -0.1) is 22.7 Å². The molecule has 5 nitrogen and oxygen atoms in total. The lowest BCUT2D eigenvalue weighted by Crippen LogP contribution is -2.00. The number of hydrogen-bond acceptors (Lipinski definition) is 7. The van der Waals surface area contributed by atoms with E-state index in [0.717, 1.165) is 20.5 Å². The molecule has 0 spiro atoms. The molecule has 0 aliphatic heterocycles. The minimum atomic E-state index is -0.258. The van der Waals surface area contributed by atoms with Gasteiger partial charge < -0.3 is 4.42 Å². The molecule has 1 aliphatic rings. The number of Topliss-reactive ketones (excluding diaryl/α,β-unsaturated/α-hetero) is 2. The van der Waals surface area contributed by atoms with E-state index < -0.39 is 0 Å². The van der Waals surface area contributed by atoms with Crippen molar-refractivity contribution in [3.8, 4) is 10.8 Å². The van der Waals surface area contributed by atoms with E-state index in [0.29, 0.717) is 27.6 Å². The number of ketones is 2. The maximum Gasteiger partial charge on any atom is 0.238 e. The van der Waals surface area contributed by atoms with E-state index >= 15 is 0 Å². The molecule has 5 aromatic rings. The summed E-state index contributed by atoms with van der Waals surface area (Å²) in [5, 5.41) is 5.12. The molecule has 0 radical (unpaired) electrons. The molecule has 0 saturated heterocycles. The Hall–Kier alpha value is -3.42. The molecule has 2 aromatic carbocycles. The summed E-state index contributed by atoms with van der Waals surface area (Å²) in [6.45, 7) is 0. The summed E-state index contributed by atoms with van der Waals surface area (Å²) in [5.41, 5.74) is 1.53. The molecule has 0 saturated carbocycles. The van der Waals surface area contributed by atoms with Crippen molar-refractivity contribution in [3.63, 3.8) is 0 Å². The third kappa shape index (κ3) is 2.52. The summed E-state index contributed by atoms with van der Waals surface area (Å²) >= 11 is 2.87. The summed E-state index contributed by atoms with van der Waals surface area (Å²) < 4.78 is 6.62. The van der Waals surface area contributed by atoms with Crippen molar-refractivity contribution in [2.75, 3.05) is 0 Å². The van der Waals surface area contributed by atoms with Gasteiger partial charge in [0, 0.05) is 28.8 Å². The van der Waals surface area contributed by atoms with Crippen LogP contribution in [-0.4, -0.2) is 21.5 Å². The molecule has 0 unspecified atom stereocenters. The molecule has 6 rings (SSSR count). The molecule has 138 valence electrons. The van der Waals surface area contributed by atoms with Crippen molar-refractivity contribution < 1.29 is 14.0 Å². The average molecular weight is 414 g/mol. The lowest BCUT2D eigenvalue weighted by molar-refractivity contribution is 0.0990. The van der Waals surface area contributed by atoms with E-state index in [1.165, 1.54) is 22.7 Å². The van der Waals surface area contributed by atoms with Crippen LogP contribution in [0.5, 0.6) is 0 Å². The van der Waals surface area contributed by atoms with Crippen molar-refractivity contribution >= 4 is 61.5 Å². The Bertz CT molecular complexity index is 1400. The number of hydrogen-bond donors (Lipinski definition) is 0. The number of rotatable bonds is 2. The normalized spacial score (nSPS) is 13.6. The summed E-state index contributed by atoms with van der Waals surface area (Å²) in [6.07, 6.45) is 3.29. The van der Waals surface area contributed by atoms with Gasteiger partial charge in [0.15, 0.2) is 22.3 Å². The Kier molecular flexibility index (Phi) is 3.44. The number of furan rings is 1. The molecule has 1 aliphatic carbocycles. The number of carbonyl (C=O) groups is 2. The number of aromatic nitrogens is 2. The third-order valence-corrected chi connectivity index (χ3v) is 6.60. The van der Waals surface area contributed by atoms with Crippen molar-refractivity contribution in [3.05, 3.63) is 75.7 Å². The summed E-state index contributed by atoms with van der Waals surface area (Å²) in [5.74, 6) is 0.150. The molecule has 0 fully saturated rings. The molecule has 0 amide bonds. The Morgan fingerprint density at radius 3 is 2.31 bits per heavy atom. The van der Waals surface area contributed by atoms with Gasteiger partial charge in [-0.1, -0.05) is 24.3 Å². The molecule has 0 bridgehead atoms. The number of carbonyl (C=O) groups excluding carboxylic acids is 2. The van der Waals surface area contributed by atoms with E-state index in [-0.39, 0.29) is 17.1 Å². The van der Waals surface area contributed by atoms with Crippen LogP contribution in [0.4, 0.5) is 0 Å². The number of thiazole rings is 2. The van der Waals surface area contributed by atoms with Gasteiger partial charge in [0.05, 0.1) is 10.3 Å². The van der Waals surface area contributed by atoms with Crippen LogP contribution in [0.3, 0.4) is 0 Å². The zero-order chi connectivity index (χ0) is 19.5. The first-order valence-corrected chi connectivity index (χ1v) is 10.5. The number of fused-ring (bicyclic) bond motifs is 3. The number of benzene rings is 2. The van der Waals surface area contributed by atoms with E-state index in [1.807, 2.05) is 35.7 Å². The van der Waals surface area contributed by atoms with Crippen LogP contribution in [0.15, 0.2) is 64.0 Å². The SMILES string of the molecule is O=C1C(=Cc2nc3oc(-c4nccs4)cc3s2)C(=O)c2cc3ccccc3cc21. The maximum atomic E-state index is 12.9. The summed E-state index contributed by atoms with van der Waals surface area (Å²) in [7, 11) is 0. The fraction of sp³-hybridized carbons (Fsp3) is 0. The average Bonchev–Trinajstić information content (AvgIpc) is 3.48. The Balaban J connectivity index is 1.41. The lowest BCUT2D eigenvalue weighted by atomic mass is 10.0. The first-order chi connectivity index (χ1) is 14.2. The highest BCUT2D eigenvalue weighted by Crippen LogP contribution is 2.35. The van der Waals surface area contributed by atoms with E-state index in [2.05, 4.69) is 9.97 Å². The fourth-order valence-electron chi connectivity index (χ4n) is 3.53. The predicted molar refractivity (Wildman–Crippen MR) is 114 cm³/mol. The predicted octanol–water partition coefficient (Wildman–Crippen LogP) is 5.63. The Morgan fingerprint density at radius 1 is 0.966 bits per heavy atom. The van der Waals surface area contributed by atoms with Gasteiger partial charge >= 0.3 is 0 Å². The topological polar surface area (TPSA) is 73.1 Å². The standard InChI is InChI=1S/C22H10N2O3S2/c25-19-13-7-11-3-1-2-4-12(11)8-14(13)20(26)15(19)9-18-24-21-17(29-18)10-16(27-21)22-23-5-6-28-22/h1-10H. The second-order valence-corrected chi connectivity index (χ2v) is 8.59. The molecule has 3 heterocycles. The molecule has 3 aromatic heterocycles. The van der Waals surface area contributed by atoms with Crippen LogP contribution in [0, 0.1) is 0 Å². The van der Waals surface area contributed by atoms with Gasteiger partial charge in [-0.25, -0.2) is 9.97 Å². The van der Waals surface area contributed by atoms with Crippen LogP contribution >= 0.6 is 22.7 Å². The van der Waals surface area contributed by atoms with Gasteiger partial charge in [0.2, 0.25) is 5.71 Å². The highest BCUT2D eigenvalue weighted by molar-refractivity contribution is 7.19. The summed E-state index contributed by atoms with van der Waals surface area (Å²) in [6, 6.07) is 13.2. The fourth-order valence-corrected chi connectivity index (χ4v) is 4.99. The molecule has 7 heteroatoms. The second kappa shape index (κ2) is 6.04. The van der Waals surface area contributed by atoms with Crippen LogP contribution in [0.25, 0.3) is 38.0 Å². The number of nitrogens with zero attached hydrogens (tertiary/aromatic N) is 2. The van der Waals surface area contributed by atoms with Crippen molar-refractivity contribution in [2.45, 2.75) is 0 Å². The van der Waals surface area contributed by atoms with E-state index in [4.69, 9.17) is 4.42 Å². The molecular weight excluding hydrogens is 404 g/mol. The summed E-state index contributed by atoms with van der Waals surface area (Å²) in [4.78, 5) is 34.4. The quantitative estimate of drug-likeness (QED) is 0.276. The van der Waals surface area contributed by atoms with Crippen LogP contribution < -0.4 is 0 Å². The Morgan fingerprint density at radius 2 is 1.69 bits per heavy atom. The molecule has 0 N–H and O–H groups in total. The maximum absolute atomic E-state index is 12.9. The van der Waals surface area contributed by atoms with Gasteiger partial charge in [-0.2, -0.15) is 0 Å². The lowest BCUT2D eigenvalue weighted by Gasteiger charge is -2.00. The first kappa shape index (κ1) is 16.5. The zero-order valence-electron chi connectivity index (χ0n) is 14.7. The van der Waals surface area contributed by atoms with Crippen molar-refractivity contribution in [1.82, 2.24) is 9.97 Å². The molecule has 0 atom stereocenters. The van der Waals surface area contributed by atoms with Gasteiger partial charge in [0.1, 0.15) is 5.01 Å². The van der Waals surface area contributed by atoms with Crippen LogP contribution in [0.1, 0.15) is 25.7 Å². The van der Waals surface area contributed by atoms with Crippen LogP contribution in [-0.2, 0) is 0 Å². The van der Waals surface area contributed by atoms with E-state index in [9.17, 15) is 9.59 Å². The molecular formula is C22H10N2O3S2. The highest BCUT2D eigenvalue weighted by Gasteiger charge is 2.33. The molecule has 29 heavy (non-hydrogen) atoms. The van der Waals surface area contributed by atoms with Crippen molar-refractivity contribution in [1.29, 1.82) is 0 Å².